The van der Waals surface area contributed by atoms with Gasteiger partial charge in [-0.3, -0.25) is 4.79 Å². The van der Waals surface area contributed by atoms with Gasteiger partial charge in [0.05, 0.1) is 12.6 Å². The number of thiophene rings is 1. The van der Waals surface area contributed by atoms with Crippen molar-refractivity contribution in [3.05, 3.63) is 58.3 Å². The zero-order valence-electron chi connectivity index (χ0n) is 14.2. The summed E-state index contributed by atoms with van der Waals surface area (Å²) in [6, 6.07) is 14.4. The molecule has 0 radical (unpaired) electrons. The number of rotatable bonds is 7. The highest BCUT2D eigenvalue weighted by Crippen LogP contribution is 2.22. The zero-order chi connectivity index (χ0) is 16.8. The fourth-order valence-electron chi connectivity index (χ4n) is 3.17. The second-order valence-corrected chi connectivity index (χ2v) is 7.54. The fourth-order valence-corrected chi connectivity index (χ4v) is 3.89. The third-order valence-electron chi connectivity index (χ3n) is 4.58. The predicted octanol–water partition coefficient (Wildman–Crippen LogP) is 4.45. The Hall–Kier alpha value is -1.65. The molecule has 3 rings (SSSR count). The Balaban J connectivity index is 1.65. The summed E-state index contributed by atoms with van der Waals surface area (Å²) in [4.78, 5) is 16.1. The van der Waals surface area contributed by atoms with Gasteiger partial charge in [-0.05, 0) is 35.8 Å². The number of hydrogen-bond acceptors (Lipinski definition) is 3. The Bertz CT molecular complexity index is 620. The molecule has 24 heavy (non-hydrogen) atoms. The summed E-state index contributed by atoms with van der Waals surface area (Å²) in [6.45, 7) is 4.35. The molecule has 0 bridgehead atoms. The van der Waals surface area contributed by atoms with Crippen LogP contribution in [0.1, 0.15) is 42.5 Å². The number of ether oxygens (including phenoxy) is 1. The smallest absolute Gasteiger partial charge is 0.223 e. The number of carbonyl (C=O) groups excluding carboxylic acids is 1. The molecular weight excluding hydrogens is 318 g/mol. The molecule has 2 atom stereocenters. The van der Waals surface area contributed by atoms with Gasteiger partial charge in [-0.2, -0.15) is 0 Å². The molecule has 4 heteroatoms. The molecule has 1 saturated heterocycles. The van der Waals surface area contributed by atoms with Crippen LogP contribution >= 0.6 is 11.3 Å². The van der Waals surface area contributed by atoms with Crippen LogP contribution in [0, 0.1) is 0 Å². The number of benzene rings is 1. The molecule has 2 aromatic rings. The van der Waals surface area contributed by atoms with Crippen LogP contribution in [-0.4, -0.2) is 30.1 Å². The summed E-state index contributed by atoms with van der Waals surface area (Å²) < 4.78 is 5.75. The molecule has 1 aromatic heterocycles. The van der Waals surface area contributed by atoms with Crippen LogP contribution in [-0.2, 0) is 16.1 Å². The van der Waals surface area contributed by atoms with Gasteiger partial charge in [0.1, 0.15) is 0 Å². The van der Waals surface area contributed by atoms with Crippen molar-refractivity contribution in [1.82, 2.24) is 4.90 Å². The van der Waals surface area contributed by atoms with Crippen molar-refractivity contribution in [1.29, 1.82) is 0 Å². The second kappa shape index (κ2) is 8.45. The molecule has 1 amide bonds. The number of hydrogen-bond donors (Lipinski definition) is 0. The maximum absolute atomic E-state index is 12.9. The van der Waals surface area contributed by atoms with Gasteiger partial charge in [0.25, 0.3) is 0 Å². The fraction of sp³-hybridized carbons (Fsp3) is 0.450. The molecule has 3 nitrogen and oxygen atoms in total. The van der Waals surface area contributed by atoms with E-state index in [2.05, 4.69) is 30.5 Å². The van der Waals surface area contributed by atoms with E-state index in [1.54, 1.807) is 11.3 Å². The van der Waals surface area contributed by atoms with Crippen molar-refractivity contribution in [2.75, 3.05) is 13.2 Å². The minimum Gasteiger partial charge on any atom is -0.376 e. The molecule has 2 unspecified atom stereocenters. The number of carbonyl (C=O) groups is 1. The van der Waals surface area contributed by atoms with E-state index in [4.69, 9.17) is 4.74 Å². The largest absolute Gasteiger partial charge is 0.376 e. The first-order chi connectivity index (χ1) is 11.7. The minimum absolute atomic E-state index is 0.195. The van der Waals surface area contributed by atoms with Gasteiger partial charge in [-0.15, -0.1) is 11.3 Å². The molecule has 1 aliphatic heterocycles. The van der Waals surface area contributed by atoms with Gasteiger partial charge in [0.15, 0.2) is 0 Å². The average molecular weight is 343 g/mol. The normalized spacial score (nSPS) is 18.5. The SMILES string of the molecule is CC(CC(=O)N(Cc1cccs1)CC1CCCO1)c1ccccc1. The van der Waals surface area contributed by atoms with Crippen LogP contribution in [0.15, 0.2) is 47.8 Å². The second-order valence-electron chi connectivity index (χ2n) is 6.50. The van der Waals surface area contributed by atoms with Crippen LogP contribution in [0.2, 0.25) is 0 Å². The first-order valence-electron chi connectivity index (χ1n) is 8.69. The van der Waals surface area contributed by atoms with E-state index in [0.717, 1.165) is 19.4 Å². The Morgan fingerprint density at radius 1 is 1.29 bits per heavy atom. The van der Waals surface area contributed by atoms with Gasteiger partial charge in [0.2, 0.25) is 5.91 Å². The summed E-state index contributed by atoms with van der Waals surface area (Å²) in [5.74, 6) is 0.448. The van der Waals surface area contributed by atoms with Gasteiger partial charge < -0.3 is 9.64 Å². The predicted molar refractivity (Wildman–Crippen MR) is 98.2 cm³/mol. The van der Waals surface area contributed by atoms with Crippen molar-refractivity contribution in [3.63, 3.8) is 0 Å². The summed E-state index contributed by atoms with van der Waals surface area (Å²) in [6.07, 6.45) is 2.90. The molecule has 2 heterocycles. The molecule has 1 aliphatic rings. The van der Waals surface area contributed by atoms with E-state index < -0.39 is 0 Å². The average Bonchev–Trinajstić information content (AvgIpc) is 3.29. The Morgan fingerprint density at radius 3 is 2.79 bits per heavy atom. The van der Waals surface area contributed by atoms with E-state index in [9.17, 15) is 4.79 Å². The van der Waals surface area contributed by atoms with Crippen LogP contribution in [0.5, 0.6) is 0 Å². The van der Waals surface area contributed by atoms with Gasteiger partial charge >= 0.3 is 0 Å². The first kappa shape index (κ1) is 17.2. The standard InChI is InChI=1S/C20H25NO2S/c1-16(17-7-3-2-4-8-17)13-20(22)21(14-18-9-5-11-23-18)15-19-10-6-12-24-19/h2-4,6-8,10,12,16,18H,5,9,11,13-15H2,1H3. The van der Waals surface area contributed by atoms with Crippen molar-refractivity contribution in [2.24, 2.45) is 0 Å². The lowest BCUT2D eigenvalue weighted by atomic mass is 9.97. The van der Waals surface area contributed by atoms with Gasteiger partial charge in [0, 0.05) is 24.4 Å². The third kappa shape index (κ3) is 4.68. The molecule has 128 valence electrons. The highest BCUT2D eigenvalue weighted by Gasteiger charge is 2.24. The van der Waals surface area contributed by atoms with Crippen LogP contribution in [0.3, 0.4) is 0 Å². The summed E-state index contributed by atoms with van der Waals surface area (Å²) >= 11 is 1.71. The van der Waals surface area contributed by atoms with Crippen LogP contribution in [0.4, 0.5) is 0 Å². The number of amides is 1. The van der Waals surface area contributed by atoms with E-state index >= 15 is 0 Å². The topological polar surface area (TPSA) is 29.5 Å². The third-order valence-corrected chi connectivity index (χ3v) is 5.44. The van der Waals surface area contributed by atoms with Crippen molar-refractivity contribution in [3.8, 4) is 0 Å². The summed E-state index contributed by atoms with van der Waals surface area (Å²) in [5, 5.41) is 2.07. The maximum atomic E-state index is 12.9. The molecule has 0 aliphatic carbocycles. The molecule has 0 spiro atoms. The quantitative estimate of drug-likeness (QED) is 0.743. The molecular formula is C20H25NO2S. The minimum atomic E-state index is 0.195. The van der Waals surface area contributed by atoms with Gasteiger partial charge in [-0.1, -0.05) is 43.3 Å². The monoisotopic (exact) mass is 343 g/mol. The first-order valence-corrected chi connectivity index (χ1v) is 9.57. The zero-order valence-corrected chi connectivity index (χ0v) is 15.0. The lowest BCUT2D eigenvalue weighted by Gasteiger charge is -2.26. The highest BCUT2D eigenvalue weighted by molar-refractivity contribution is 7.09. The number of nitrogens with zero attached hydrogens (tertiary/aromatic N) is 1. The van der Waals surface area contributed by atoms with E-state index in [1.807, 2.05) is 29.2 Å². The van der Waals surface area contributed by atoms with E-state index in [-0.39, 0.29) is 17.9 Å². The van der Waals surface area contributed by atoms with E-state index in [1.165, 1.54) is 10.4 Å². The van der Waals surface area contributed by atoms with Crippen molar-refractivity contribution >= 4 is 17.2 Å². The Labute approximate surface area is 148 Å². The Kier molecular flexibility index (Phi) is 6.05. The van der Waals surface area contributed by atoms with E-state index in [0.29, 0.717) is 19.5 Å². The highest BCUT2D eigenvalue weighted by atomic mass is 32.1. The lowest BCUT2D eigenvalue weighted by molar-refractivity contribution is -0.133. The molecule has 1 aromatic carbocycles. The van der Waals surface area contributed by atoms with Crippen LogP contribution < -0.4 is 0 Å². The summed E-state index contributed by atoms with van der Waals surface area (Å²) in [5.41, 5.74) is 1.22. The molecule has 1 fully saturated rings. The van der Waals surface area contributed by atoms with Crippen molar-refractivity contribution in [2.45, 2.75) is 44.8 Å². The van der Waals surface area contributed by atoms with Gasteiger partial charge in [-0.25, -0.2) is 0 Å². The van der Waals surface area contributed by atoms with Crippen molar-refractivity contribution < 1.29 is 9.53 Å². The maximum Gasteiger partial charge on any atom is 0.223 e. The summed E-state index contributed by atoms with van der Waals surface area (Å²) in [7, 11) is 0. The Morgan fingerprint density at radius 2 is 2.12 bits per heavy atom. The lowest BCUT2D eigenvalue weighted by Crippen LogP contribution is -2.37. The molecule has 0 N–H and O–H groups in total. The molecule has 0 saturated carbocycles. The van der Waals surface area contributed by atoms with Crippen LogP contribution in [0.25, 0.3) is 0 Å².